The molecule has 2 aromatic heterocycles. The average molecular weight is 243 g/mol. The Bertz CT molecular complexity index is 573. The van der Waals surface area contributed by atoms with Gasteiger partial charge in [0.2, 0.25) is 0 Å². The van der Waals surface area contributed by atoms with Gasteiger partial charge in [-0.2, -0.15) is 10.2 Å². The van der Waals surface area contributed by atoms with Gasteiger partial charge in [0.1, 0.15) is 0 Å². The van der Waals surface area contributed by atoms with Crippen molar-refractivity contribution in [1.82, 2.24) is 20.6 Å². The summed E-state index contributed by atoms with van der Waals surface area (Å²) in [6.07, 6.45) is 3.35. The van der Waals surface area contributed by atoms with Crippen molar-refractivity contribution in [2.24, 2.45) is 5.10 Å². The fourth-order valence-electron chi connectivity index (χ4n) is 1.38. The van der Waals surface area contributed by atoms with Crippen molar-refractivity contribution in [1.29, 1.82) is 0 Å². The van der Waals surface area contributed by atoms with Gasteiger partial charge in [-0.1, -0.05) is 0 Å². The number of aromatic amines is 1. The molecule has 0 aromatic carbocycles. The number of nitrogens with one attached hydrogen (secondary N) is 2. The number of amides is 1. The summed E-state index contributed by atoms with van der Waals surface area (Å²) < 4.78 is 0. The largest absolute Gasteiger partial charge is 0.291 e. The summed E-state index contributed by atoms with van der Waals surface area (Å²) in [5.41, 5.74) is 5.22. The predicted octanol–water partition coefficient (Wildman–Crippen LogP) is 1.27. The molecule has 92 valence electrons. The van der Waals surface area contributed by atoms with Crippen molar-refractivity contribution in [3.8, 4) is 0 Å². The van der Waals surface area contributed by atoms with Crippen LogP contribution in [0.25, 0.3) is 0 Å². The van der Waals surface area contributed by atoms with Crippen LogP contribution in [0.3, 0.4) is 0 Å². The smallest absolute Gasteiger partial charge is 0.282 e. The summed E-state index contributed by atoms with van der Waals surface area (Å²) in [7, 11) is 0. The predicted molar refractivity (Wildman–Crippen MR) is 67.2 cm³/mol. The quantitative estimate of drug-likeness (QED) is 0.629. The van der Waals surface area contributed by atoms with Crippen LogP contribution in [-0.2, 0) is 0 Å². The van der Waals surface area contributed by atoms with Crippen LogP contribution in [0, 0.1) is 6.92 Å². The van der Waals surface area contributed by atoms with E-state index in [4.69, 9.17) is 0 Å². The topological polar surface area (TPSA) is 83.0 Å². The first-order chi connectivity index (χ1) is 8.66. The molecule has 0 radical (unpaired) electrons. The van der Waals surface area contributed by atoms with Gasteiger partial charge in [0.05, 0.1) is 5.71 Å². The number of H-pyrrole nitrogens is 1. The highest BCUT2D eigenvalue weighted by Gasteiger charge is 2.08. The molecule has 0 aliphatic rings. The second-order valence-corrected chi connectivity index (χ2v) is 3.81. The van der Waals surface area contributed by atoms with Crippen molar-refractivity contribution in [2.45, 2.75) is 13.8 Å². The molecular weight excluding hydrogens is 230 g/mol. The number of aromatic nitrogens is 3. The van der Waals surface area contributed by atoms with Crippen LogP contribution >= 0.6 is 0 Å². The van der Waals surface area contributed by atoms with Crippen LogP contribution in [0.4, 0.5) is 0 Å². The van der Waals surface area contributed by atoms with Gasteiger partial charge in [-0.05, 0) is 32.0 Å². The lowest BCUT2D eigenvalue weighted by molar-refractivity contribution is 0.0950. The van der Waals surface area contributed by atoms with Gasteiger partial charge < -0.3 is 0 Å². The molecule has 0 atom stereocenters. The summed E-state index contributed by atoms with van der Waals surface area (Å²) in [5.74, 6) is -0.340. The molecule has 0 aliphatic carbocycles. The molecule has 1 amide bonds. The van der Waals surface area contributed by atoms with Gasteiger partial charge in [0, 0.05) is 23.7 Å². The van der Waals surface area contributed by atoms with Crippen molar-refractivity contribution < 1.29 is 4.79 Å². The number of hydrogen-bond donors (Lipinski definition) is 2. The van der Waals surface area contributed by atoms with E-state index in [9.17, 15) is 4.79 Å². The first-order valence-corrected chi connectivity index (χ1v) is 5.44. The lowest BCUT2D eigenvalue weighted by Crippen LogP contribution is -2.19. The Hall–Kier alpha value is -2.50. The molecule has 2 N–H and O–H groups in total. The Morgan fingerprint density at radius 2 is 2.11 bits per heavy atom. The van der Waals surface area contributed by atoms with E-state index in [-0.39, 0.29) is 5.91 Å². The second kappa shape index (κ2) is 5.22. The first kappa shape index (κ1) is 12.0. The molecule has 2 aromatic rings. The molecule has 2 heterocycles. The summed E-state index contributed by atoms with van der Waals surface area (Å²) >= 11 is 0. The fraction of sp³-hybridized carbons (Fsp3) is 0.167. The zero-order chi connectivity index (χ0) is 13.0. The molecule has 0 spiro atoms. The number of rotatable bonds is 3. The van der Waals surface area contributed by atoms with Gasteiger partial charge in [0.25, 0.3) is 5.91 Å². The summed E-state index contributed by atoms with van der Waals surface area (Å²) in [4.78, 5) is 15.6. The average Bonchev–Trinajstić information content (AvgIpc) is 2.83. The third-order valence-electron chi connectivity index (χ3n) is 2.36. The maximum absolute atomic E-state index is 11.7. The van der Waals surface area contributed by atoms with Gasteiger partial charge in [-0.25, -0.2) is 5.43 Å². The van der Waals surface area contributed by atoms with Crippen molar-refractivity contribution >= 4 is 11.6 Å². The normalized spacial score (nSPS) is 11.3. The molecule has 18 heavy (non-hydrogen) atoms. The van der Waals surface area contributed by atoms with E-state index >= 15 is 0 Å². The second-order valence-electron chi connectivity index (χ2n) is 3.81. The molecule has 2 rings (SSSR count). The van der Waals surface area contributed by atoms with E-state index in [1.807, 2.05) is 26.0 Å². The van der Waals surface area contributed by atoms with E-state index in [1.165, 1.54) is 0 Å². The summed E-state index contributed by atoms with van der Waals surface area (Å²) in [6, 6.07) is 5.31. The Kier molecular flexibility index (Phi) is 3.47. The monoisotopic (exact) mass is 243 g/mol. The molecule has 0 saturated heterocycles. The van der Waals surface area contributed by atoms with Gasteiger partial charge in [-0.15, -0.1) is 0 Å². The molecule has 6 nitrogen and oxygen atoms in total. The maximum atomic E-state index is 11.7. The molecular formula is C12H13N5O. The fourth-order valence-corrected chi connectivity index (χ4v) is 1.38. The van der Waals surface area contributed by atoms with Gasteiger partial charge in [-0.3, -0.25) is 14.9 Å². The number of pyridine rings is 1. The van der Waals surface area contributed by atoms with Gasteiger partial charge in [0.15, 0.2) is 5.69 Å². The standard InChI is InChI=1S/C12H13N5O/c1-8-7-11(16-14-8)12(18)17-15-9(2)10-3-5-13-6-4-10/h3-7H,1-2H3,(H,14,16)(H,17,18). The van der Waals surface area contributed by atoms with Crippen LogP contribution in [0.2, 0.25) is 0 Å². The molecule has 0 fully saturated rings. The van der Waals surface area contributed by atoms with E-state index < -0.39 is 0 Å². The van der Waals surface area contributed by atoms with E-state index in [0.29, 0.717) is 11.4 Å². The highest BCUT2D eigenvalue weighted by molar-refractivity contribution is 6.00. The number of carbonyl (C=O) groups is 1. The van der Waals surface area contributed by atoms with E-state index in [1.54, 1.807) is 18.5 Å². The molecule has 0 aliphatic heterocycles. The number of aryl methyl sites for hydroxylation is 1. The lowest BCUT2D eigenvalue weighted by atomic mass is 10.2. The highest BCUT2D eigenvalue weighted by atomic mass is 16.2. The Morgan fingerprint density at radius 1 is 1.39 bits per heavy atom. The minimum atomic E-state index is -0.340. The van der Waals surface area contributed by atoms with Crippen molar-refractivity contribution in [2.75, 3.05) is 0 Å². The van der Waals surface area contributed by atoms with Crippen molar-refractivity contribution in [3.05, 3.63) is 47.5 Å². The van der Waals surface area contributed by atoms with E-state index in [0.717, 1.165) is 11.3 Å². The Balaban J connectivity index is 2.05. The SMILES string of the molecule is CC(=NNC(=O)c1cc(C)[nH]n1)c1ccncc1. The number of nitrogens with zero attached hydrogens (tertiary/aromatic N) is 3. The highest BCUT2D eigenvalue weighted by Crippen LogP contribution is 2.00. The summed E-state index contributed by atoms with van der Waals surface area (Å²) in [6.45, 7) is 3.64. The number of hydrogen-bond acceptors (Lipinski definition) is 4. The minimum Gasteiger partial charge on any atom is -0.282 e. The van der Waals surface area contributed by atoms with Crippen LogP contribution < -0.4 is 5.43 Å². The van der Waals surface area contributed by atoms with Crippen LogP contribution in [0.15, 0.2) is 35.7 Å². The third kappa shape index (κ3) is 2.79. The number of hydrazone groups is 1. The Labute approximate surface area is 104 Å². The molecule has 0 bridgehead atoms. The first-order valence-electron chi connectivity index (χ1n) is 5.44. The molecule has 6 heteroatoms. The third-order valence-corrected chi connectivity index (χ3v) is 2.36. The lowest BCUT2D eigenvalue weighted by Gasteiger charge is -2.00. The maximum Gasteiger partial charge on any atom is 0.291 e. The van der Waals surface area contributed by atoms with E-state index in [2.05, 4.69) is 25.7 Å². The van der Waals surface area contributed by atoms with Crippen LogP contribution in [0.1, 0.15) is 28.7 Å². The minimum absolute atomic E-state index is 0.318. The molecule has 0 unspecified atom stereocenters. The zero-order valence-electron chi connectivity index (χ0n) is 10.1. The van der Waals surface area contributed by atoms with Crippen LogP contribution in [0.5, 0.6) is 0 Å². The molecule has 0 saturated carbocycles. The van der Waals surface area contributed by atoms with Gasteiger partial charge >= 0.3 is 0 Å². The Morgan fingerprint density at radius 3 is 2.72 bits per heavy atom. The number of carbonyl (C=O) groups excluding carboxylic acids is 1. The van der Waals surface area contributed by atoms with Crippen molar-refractivity contribution in [3.63, 3.8) is 0 Å². The van der Waals surface area contributed by atoms with Crippen LogP contribution in [-0.4, -0.2) is 26.8 Å². The zero-order valence-corrected chi connectivity index (χ0v) is 10.1. The summed E-state index contributed by atoms with van der Waals surface area (Å²) in [5, 5.41) is 10.6.